The summed E-state index contributed by atoms with van der Waals surface area (Å²) >= 11 is 0. The molecule has 0 radical (unpaired) electrons. The van der Waals surface area contributed by atoms with E-state index >= 15 is 0 Å². The molecule has 0 saturated carbocycles. The Morgan fingerprint density at radius 2 is 1.90 bits per heavy atom. The average molecular weight is 291 g/mol. The Labute approximate surface area is 125 Å². The molecule has 0 saturated heterocycles. The van der Waals surface area contributed by atoms with Crippen LogP contribution < -0.4 is 10.4 Å². The molecule has 1 amide bonds. The van der Waals surface area contributed by atoms with Crippen LogP contribution in [-0.4, -0.2) is 41.4 Å². The number of nitrogens with zero attached hydrogens (tertiary/aromatic N) is 1. The highest BCUT2D eigenvalue weighted by Crippen LogP contribution is 2.28. The Hall–Kier alpha value is -1.37. The first-order valence-corrected chi connectivity index (χ1v) is 7.00. The number of fused-ring (bicyclic) bond motifs is 1. The third-order valence-corrected chi connectivity index (χ3v) is 4.35. The lowest BCUT2D eigenvalue weighted by Crippen LogP contribution is -2.53. The van der Waals surface area contributed by atoms with Crippen molar-refractivity contribution in [3.63, 3.8) is 0 Å². The maximum Gasteiger partial charge on any atom is 0.491 e. The highest BCUT2D eigenvalue weighted by molar-refractivity contribution is 6.60. The Morgan fingerprint density at radius 1 is 1.29 bits per heavy atom. The summed E-state index contributed by atoms with van der Waals surface area (Å²) in [6, 6.07) is 5.33. The molecule has 21 heavy (non-hydrogen) atoms. The van der Waals surface area contributed by atoms with E-state index in [4.69, 9.17) is 4.65 Å². The topological polar surface area (TPSA) is 70.0 Å². The summed E-state index contributed by atoms with van der Waals surface area (Å²) in [7, 11) is 0.548. The fourth-order valence-electron chi connectivity index (χ4n) is 2.10. The van der Waals surface area contributed by atoms with Gasteiger partial charge in [-0.2, -0.15) is 0 Å². The van der Waals surface area contributed by atoms with Crippen LogP contribution in [0.25, 0.3) is 0 Å². The molecule has 5 nitrogen and oxygen atoms in total. The summed E-state index contributed by atoms with van der Waals surface area (Å²) < 4.78 is 5.61. The number of likely N-dealkylation sites (N-methyl/N-ethyl adjacent to an activating group) is 1. The predicted molar refractivity (Wildman–Crippen MR) is 82.6 cm³/mol. The zero-order valence-electron chi connectivity index (χ0n) is 13.2. The molecule has 1 aromatic carbocycles. The minimum atomic E-state index is -1.17. The zero-order chi connectivity index (χ0) is 16.0. The van der Waals surface area contributed by atoms with Crippen molar-refractivity contribution < 1.29 is 19.6 Å². The molecule has 0 aromatic heterocycles. The quantitative estimate of drug-likeness (QED) is 0.791. The highest BCUT2D eigenvalue weighted by atomic mass is 16.5. The Morgan fingerprint density at radius 3 is 2.48 bits per heavy atom. The third-order valence-electron chi connectivity index (χ3n) is 4.35. The normalized spacial score (nSPS) is 15.4. The fourth-order valence-corrected chi connectivity index (χ4v) is 2.10. The van der Waals surface area contributed by atoms with Gasteiger partial charge in [0.05, 0.1) is 17.6 Å². The van der Waals surface area contributed by atoms with E-state index in [2.05, 4.69) is 0 Å². The van der Waals surface area contributed by atoms with Gasteiger partial charge in [0.2, 0.25) is 5.91 Å². The molecular weight excluding hydrogens is 269 g/mol. The lowest BCUT2D eigenvalue weighted by atomic mass is 9.76. The third kappa shape index (κ3) is 2.97. The second-order valence-corrected chi connectivity index (χ2v) is 6.56. The Bertz CT molecular complexity index is 565. The molecule has 0 unspecified atom stereocenters. The van der Waals surface area contributed by atoms with Gasteiger partial charge in [0.25, 0.3) is 0 Å². The van der Waals surface area contributed by atoms with E-state index in [0.717, 1.165) is 11.3 Å². The van der Waals surface area contributed by atoms with Gasteiger partial charge in [0, 0.05) is 12.7 Å². The van der Waals surface area contributed by atoms with Gasteiger partial charge in [0.15, 0.2) is 0 Å². The van der Waals surface area contributed by atoms with E-state index in [-0.39, 0.29) is 5.91 Å². The number of rotatable bonds is 4. The van der Waals surface area contributed by atoms with Crippen LogP contribution in [-0.2, 0) is 15.9 Å². The molecule has 0 bridgehead atoms. The van der Waals surface area contributed by atoms with E-state index in [1.807, 2.05) is 6.07 Å². The molecule has 0 atom stereocenters. The van der Waals surface area contributed by atoms with E-state index < -0.39 is 18.3 Å². The standard InChI is InChI=1S/C15H22BNO4/c1-14(2,19)15(3,4)21-16(20)11-7-6-10-8-13(18)17(5)12(10)9-11/h6-7,9,19-20H,8H2,1-5H3. The van der Waals surface area contributed by atoms with Gasteiger partial charge < -0.3 is 19.7 Å². The number of carbonyl (C=O) groups excluding carboxylic acids is 1. The summed E-state index contributed by atoms with van der Waals surface area (Å²) in [5.41, 5.74) is 0.277. The molecule has 1 aliphatic rings. The van der Waals surface area contributed by atoms with Gasteiger partial charge >= 0.3 is 7.12 Å². The van der Waals surface area contributed by atoms with E-state index in [1.54, 1.807) is 51.8 Å². The maximum atomic E-state index is 11.7. The molecule has 114 valence electrons. The van der Waals surface area contributed by atoms with Crippen LogP contribution >= 0.6 is 0 Å². The number of hydrogen-bond acceptors (Lipinski definition) is 4. The van der Waals surface area contributed by atoms with Gasteiger partial charge in [-0.05, 0) is 44.8 Å². The second kappa shape index (κ2) is 5.12. The van der Waals surface area contributed by atoms with Crippen LogP contribution in [0.5, 0.6) is 0 Å². The van der Waals surface area contributed by atoms with Gasteiger partial charge in [-0.25, -0.2) is 0 Å². The summed E-state index contributed by atoms with van der Waals surface area (Å²) in [5, 5.41) is 20.3. The Kier molecular flexibility index (Phi) is 3.91. The minimum absolute atomic E-state index is 0.0365. The van der Waals surface area contributed by atoms with E-state index in [9.17, 15) is 14.9 Å². The van der Waals surface area contributed by atoms with Crippen LogP contribution in [0, 0.1) is 0 Å². The van der Waals surface area contributed by atoms with Crippen molar-refractivity contribution in [2.45, 2.75) is 45.3 Å². The monoisotopic (exact) mass is 291 g/mol. The number of anilines is 1. The zero-order valence-corrected chi connectivity index (χ0v) is 13.2. The fraction of sp³-hybridized carbons (Fsp3) is 0.533. The average Bonchev–Trinajstić information content (AvgIpc) is 2.63. The SMILES string of the molecule is CN1C(=O)Cc2ccc(B(O)OC(C)(C)C(C)(C)O)cc21. The smallest absolute Gasteiger partial charge is 0.423 e. The van der Waals surface area contributed by atoms with Crippen LogP contribution in [0.4, 0.5) is 5.69 Å². The first-order valence-electron chi connectivity index (χ1n) is 7.00. The summed E-state index contributed by atoms with van der Waals surface area (Å²) in [5.74, 6) is 0.0365. The molecule has 2 rings (SSSR count). The Balaban J connectivity index is 2.22. The summed E-state index contributed by atoms with van der Waals surface area (Å²) in [6.07, 6.45) is 0.387. The second-order valence-electron chi connectivity index (χ2n) is 6.56. The van der Waals surface area contributed by atoms with E-state index in [1.165, 1.54) is 0 Å². The molecule has 1 aromatic rings. The van der Waals surface area contributed by atoms with Crippen molar-refractivity contribution in [3.8, 4) is 0 Å². The van der Waals surface area contributed by atoms with Crippen LogP contribution in [0.3, 0.4) is 0 Å². The van der Waals surface area contributed by atoms with Gasteiger partial charge in [0.1, 0.15) is 0 Å². The molecule has 1 aliphatic heterocycles. The molecule has 0 fully saturated rings. The molecule has 0 spiro atoms. The van der Waals surface area contributed by atoms with Crippen molar-refractivity contribution in [1.29, 1.82) is 0 Å². The minimum Gasteiger partial charge on any atom is -0.423 e. The predicted octanol–water partition coefficient (Wildman–Crippen LogP) is 0.459. The number of benzene rings is 1. The molecule has 2 N–H and O–H groups in total. The largest absolute Gasteiger partial charge is 0.491 e. The maximum absolute atomic E-state index is 11.7. The first kappa shape index (κ1) is 16.0. The molecule has 1 heterocycles. The van der Waals surface area contributed by atoms with Crippen LogP contribution in [0.2, 0.25) is 0 Å². The number of amides is 1. The number of aliphatic hydroxyl groups is 1. The molecule has 6 heteroatoms. The van der Waals surface area contributed by atoms with Crippen molar-refractivity contribution >= 4 is 24.2 Å². The summed E-state index contributed by atoms with van der Waals surface area (Å²) in [6.45, 7) is 6.71. The van der Waals surface area contributed by atoms with Crippen molar-refractivity contribution in [2.24, 2.45) is 0 Å². The lowest BCUT2D eigenvalue weighted by Gasteiger charge is -2.38. The number of carbonyl (C=O) groups is 1. The van der Waals surface area contributed by atoms with Crippen LogP contribution in [0.1, 0.15) is 33.3 Å². The highest BCUT2D eigenvalue weighted by Gasteiger charge is 2.39. The van der Waals surface area contributed by atoms with Gasteiger partial charge in [-0.3, -0.25) is 4.79 Å². The van der Waals surface area contributed by atoms with Crippen molar-refractivity contribution in [2.75, 3.05) is 11.9 Å². The molecule has 0 aliphatic carbocycles. The summed E-state index contributed by atoms with van der Waals surface area (Å²) in [4.78, 5) is 13.2. The van der Waals surface area contributed by atoms with Crippen LogP contribution in [0.15, 0.2) is 18.2 Å². The molecular formula is C15H22BNO4. The van der Waals surface area contributed by atoms with Gasteiger partial charge in [-0.15, -0.1) is 0 Å². The lowest BCUT2D eigenvalue weighted by molar-refractivity contribution is -0.117. The number of hydrogen-bond donors (Lipinski definition) is 2. The first-order chi connectivity index (χ1) is 9.53. The van der Waals surface area contributed by atoms with Crippen molar-refractivity contribution in [1.82, 2.24) is 0 Å². The van der Waals surface area contributed by atoms with E-state index in [0.29, 0.717) is 11.9 Å². The van der Waals surface area contributed by atoms with Crippen molar-refractivity contribution in [3.05, 3.63) is 23.8 Å². The van der Waals surface area contributed by atoms with Gasteiger partial charge in [-0.1, -0.05) is 12.1 Å².